The summed E-state index contributed by atoms with van der Waals surface area (Å²) in [4.78, 5) is 9.54. The summed E-state index contributed by atoms with van der Waals surface area (Å²) < 4.78 is 3.87. The Balaban J connectivity index is 1.99. The quantitative estimate of drug-likeness (QED) is 0.518. The smallest absolute Gasteiger partial charge is 0.0999 e. The van der Waals surface area contributed by atoms with Gasteiger partial charge in [0.05, 0.1) is 41.5 Å². The second-order valence-electron chi connectivity index (χ2n) is 8.42. The Morgan fingerprint density at radius 3 is 2.63 bits per heavy atom. The average molecular weight is 408 g/mol. The summed E-state index contributed by atoms with van der Waals surface area (Å²) in [5.74, 6) is 0. The van der Waals surface area contributed by atoms with Crippen LogP contribution in [0.2, 0.25) is 0 Å². The van der Waals surface area contributed by atoms with E-state index in [4.69, 9.17) is 10.7 Å². The SMILES string of the molecule is CCC(CC)n1cc(-c2nc(C(C=NCC(C)(C)CC)=CN)cn3nccc23)cn1. The molecule has 0 amide bonds. The number of aromatic nitrogens is 5. The van der Waals surface area contributed by atoms with Crippen molar-refractivity contribution in [3.63, 3.8) is 0 Å². The molecule has 0 aliphatic carbocycles. The third kappa shape index (κ3) is 4.61. The van der Waals surface area contributed by atoms with Crippen molar-refractivity contribution in [2.75, 3.05) is 6.54 Å². The van der Waals surface area contributed by atoms with E-state index >= 15 is 0 Å². The highest BCUT2D eigenvalue weighted by atomic mass is 15.3. The van der Waals surface area contributed by atoms with Gasteiger partial charge in [-0.1, -0.05) is 34.6 Å². The highest BCUT2D eigenvalue weighted by molar-refractivity contribution is 6.09. The fourth-order valence-electron chi connectivity index (χ4n) is 3.30. The monoisotopic (exact) mass is 407 g/mol. The van der Waals surface area contributed by atoms with E-state index in [0.717, 1.165) is 53.8 Å². The number of hydrogen-bond donors (Lipinski definition) is 1. The summed E-state index contributed by atoms with van der Waals surface area (Å²) in [6.07, 6.45) is 14.1. The third-order valence-corrected chi connectivity index (χ3v) is 5.76. The molecule has 0 saturated carbocycles. The van der Waals surface area contributed by atoms with Crippen molar-refractivity contribution >= 4 is 17.3 Å². The summed E-state index contributed by atoms with van der Waals surface area (Å²) in [6.45, 7) is 11.7. The van der Waals surface area contributed by atoms with Crippen LogP contribution in [0.25, 0.3) is 22.3 Å². The standard InChI is InChI=1S/C23H33N7/c1-6-19(7-2)29-14-18(13-27-29)22-21-9-10-26-30(21)15-20(28-22)17(11-24)12-25-16-23(4,5)8-3/h9-15,19H,6-8,16,24H2,1-5H3. The van der Waals surface area contributed by atoms with Gasteiger partial charge in [0.15, 0.2) is 0 Å². The minimum atomic E-state index is 0.157. The Morgan fingerprint density at radius 1 is 1.20 bits per heavy atom. The normalized spacial score (nSPS) is 13.2. The Kier molecular flexibility index (Phi) is 6.70. The van der Waals surface area contributed by atoms with Gasteiger partial charge in [-0.15, -0.1) is 0 Å². The molecule has 0 bridgehead atoms. The average Bonchev–Trinajstić information content (AvgIpc) is 3.41. The van der Waals surface area contributed by atoms with E-state index in [2.05, 4.69) is 56.0 Å². The maximum atomic E-state index is 5.94. The van der Waals surface area contributed by atoms with Gasteiger partial charge in [-0.3, -0.25) is 9.67 Å². The second kappa shape index (κ2) is 9.24. The predicted octanol–water partition coefficient (Wildman–Crippen LogP) is 4.76. The highest BCUT2D eigenvalue weighted by Crippen LogP contribution is 2.26. The summed E-state index contributed by atoms with van der Waals surface area (Å²) in [5, 5.41) is 9.01. The molecule has 0 aromatic carbocycles. The minimum absolute atomic E-state index is 0.157. The molecule has 7 nitrogen and oxygen atoms in total. The first-order valence-electron chi connectivity index (χ1n) is 10.7. The van der Waals surface area contributed by atoms with Gasteiger partial charge in [0, 0.05) is 36.3 Å². The van der Waals surface area contributed by atoms with Crippen LogP contribution in [0.15, 0.2) is 42.0 Å². The topological polar surface area (TPSA) is 86.4 Å². The van der Waals surface area contributed by atoms with Crippen molar-refractivity contribution in [1.29, 1.82) is 0 Å². The van der Waals surface area contributed by atoms with Crippen LogP contribution >= 0.6 is 0 Å². The number of nitrogens with two attached hydrogens (primary N) is 1. The lowest BCUT2D eigenvalue weighted by Gasteiger charge is -2.19. The van der Waals surface area contributed by atoms with E-state index in [1.807, 2.05) is 33.9 Å². The lowest BCUT2D eigenvalue weighted by Crippen LogP contribution is -2.14. The molecule has 0 aliphatic heterocycles. The van der Waals surface area contributed by atoms with Crippen LogP contribution in [0.3, 0.4) is 0 Å². The molecule has 0 atom stereocenters. The van der Waals surface area contributed by atoms with E-state index in [1.54, 1.807) is 12.4 Å². The van der Waals surface area contributed by atoms with Gasteiger partial charge in [0.2, 0.25) is 0 Å². The van der Waals surface area contributed by atoms with Crippen LogP contribution in [0.1, 0.15) is 65.6 Å². The van der Waals surface area contributed by atoms with Gasteiger partial charge in [-0.2, -0.15) is 10.2 Å². The predicted molar refractivity (Wildman–Crippen MR) is 123 cm³/mol. The van der Waals surface area contributed by atoms with Crippen LogP contribution in [-0.4, -0.2) is 37.1 Å². The number of nitrogens with zero attached hydrogens (tertiary/aromatic N) is 6. The number of hydrogen-bond acceptors (Lipinski definition) is 5. The van der Waals surface area contributed by atoms with Gasteiger partial charge in [-0.25, -0.2) is 9.50 Å². The van der Waals surface area contributed by atoms with Crippen LogP contribution < -0.4 is 5.73 Å². The zero-order chi connectivity index (χ0) is 21.7. The van der Waals surface area contributed by atoms with E-state index < -0.39 is 0 Å². The first-order chi connectivity index (χ1) is 14.4. The molecule has 7 heteroatoms. The lowest BCUT2D eigenvalue weighted by molar-refractivity contribution is 0.366. The molecular formula is C23H33N7. The minimum Gasteiger partial charge on any atom is -0.404 e. The molecule has 30 heavy (non-hydrogen) atoms. The third-order valence-electron chi connectivity index (χ3n) is 5.76. The molecule has 0 unspecified atom stereocenters. The van der Waals surface area contributed by atoms with Crippen molar-refractivity contribution in [2.24, 2.45) is 16.1 Å². The molecule has 2 N–H and O–H groups in total. The molecule has 0 aliphatic rings. The van der Waals surface area contributed by atoms with Gasteiger partial charge < -0.3 is 5.73 Å². The second-order valence-corrected chi connectivity index (χ2v) is 8.42. The van der Waals surface area contributed by atoms with Gasteiger partial charge in [-0.05, 0) is 30.7 Å². The van der Waals surface area contributed by atoms with Crippen molar-refractivity contribution in [3.8, 4) is 11.3 Å². The Morgan fingerprint density at radius 2 is 1.97 bits per heavy atom. The summed E-state index contributed by atoms with van der Waals surface area (Å²) in [5.41, 5.74) is 10.3. The fraction of sp³-hybridized carbons (Fsp3) is 0.478. The van der Waals surface area contributed by atoms with Gasteiger partial charge in [0.25, 0.3) is 0 Å². The lowest BCUT2D eigenvalue weighted by atomic mass is 9.91. The van der Waals surface area contributed by atoms with E-state index in [9.17, 15) is 0 Å². The number of rotatable bonds is 9. The van der Waals surface area contributed by atoms with Crippen molar-refractivity contribution in [2.45, 2.75) is 59.9 Å². The molecule has 0 fully saturated rings. The molecule has 3 rings (SSSR count). The number of aliphatic imine (C=N–C) groups is 1. The first-order valence-corrected chi connectivity index (χ1v) is 10.7. The molecule has 3 aromatic rings. The summed E-state index contributed by atoms with van der Waals surface area (Å²) in [6, 6.07) is 2.35. The van der Waals surface area contributed by atoms with Crippen molar-refractivity contribution in [1.82, 2.24) is 24.4 Å². The first kappa shape index (κ1) is 21.7. The maximum Gasteiger partial charge on any atom is 0.0999 e. The van der Waals surface area contributed by atoms with Crippen LogP contribution in [0.4, 0.5) is 0 Å². The van der Waals surface area contributed by atoms with Crippen LogP contribution in [-0.2, 0) is 0 Å². The molecule has 160 valence electrons. The molecular weight excluding hydrogens is 374 g/mol. The summed E-state index contributed by atoms with van der Waals surface area (Å²) >= 11 is 0. The molecule has 0 saturated heterocycles. The fourth-order valence-corrected chi connectivity index (χ4v) is 3.30. The van der Waals surface area contributed by atoms with E-state index in [0.29, 0.717) is 6.04 Å². The van der Waals surface area contributed by atoms with E-state index in [1.165, 1.54) is 0 Å². The Labute approximate surface area is 178 Å². The Hall–Kier alpha value is -2.96. The number of fused-ring (bicyclic) bond motifs is 1. The maximum absolute atomic E-state index is 5.94. The zero-order valence-corrected chi connectivity index (χ0v) is 18.7. The van der Waals surface area contributed by atoms with Gasteiger partial charge in [0.1, 0.15) is 0 Å². The van der Waals surface area contributed by atoms with Crippen LogP contribution in [0, 0.1) is 5.41 Å². The summed E-state index contributed by atoms with van der Waals surface area (Å²) in [7, 11) is 0. The number of allylic oxidation sites excluding steroid dienone is 1. The highest BCUT2D eigenvalue weighted by Gasteiger charge is 2.16. The van der Waals surface area contributed by atoms with Gasteiger partial charge >= 0.3 is 0 Å². The van der Waals surface area contributed by atoms with Crippen LogP contribution in [0.5, 0.6) is 0 Å². The zero-order valence-electron chi connectivity index (χ0n) is 18.7. The molecule has 0 spiro atoms. The molecule has 3 aromatic heterocycles. The molecule has 3 heterocycles. The molecule has 0 radical (unpaired) electrons. The Bertz CT molecular complexity index is 1030. The largest absolute Gasteiger partial charge is 0.404 e. The van der Waals surface area contributed by atoms with Crippen molar-refractivity contribution in [3.05, 3.63) is 42.7 Å². The van der Waals surface area contributed by atoms with E-state index in [-0.39, 0.29) is 5.41 Å². The van der Waals surface area contributed by atoms with Crippen molar-refractivity contribution < 1.29 is 0 Å².